The van der Waals surface area contributed by atoms with E-state index in [0.29, 0.717) is 5.56 Å². The zero-order chi connectivity index (χ0) is 19.1. The molecule has 1 aliphatic carbocycles. The van der Waals surface area contributed by atoms with Crippen LogP contribution in [0.2, 0.25) is 0 Å². The summed E-state index contributed by atoms with van der Waals surface area (Å²) in [7, 11) is 0. The molecule has 2 amide bonds. The van der Waals surface area contributed by atoms with E-state index in [0.717, 1.165) is 32.1 Å². The van der Waals surface area contributed by atoms with Gasteiger partial charge in [-0.25, -0.2) is 9.18 Å². The van der Waals surface area contributed by atoms with Gasteiger partial charge >= 0.3 is 5.97 Å². The lowest BCUT2D eigenvalue weighted by atomic mass is 9.83. The first-order valence-corrected chi connectivity index (χ1v) is 8.91. The Labute approximate surface area is 152 Å². The van der Waals surface area contributed by atoms with E-state index in [1.54, 1.807) is 0 Å². The lowest BCUT2D eigenvalue weighted by Crippen LogP contribution is -2.54. The zero-order valence-corrected chi connectivity index (χ0v) is 14.8. The predicted molar refractivity (Wildman–Crippen MR) is 93.9 cm³/mol. The molecule has 1 saturated carbocycles. The third kappa shape index (κ3) is 5.82. The molecular formula is C19H25FN2O4. The molecule has 0 radical (unpaired) electrons. The summed E-state index contributed by atoms with van der Waals surface area (Å²) in [5.41, 5.74) is 0.671. The van der Waals surface area contributed by atoms with Crippen LogP contribution in [0.25, 0.3) is 0 Å². The number of nitrogens with one attached hydrogen (secondary N) is 2. The van der Waals surface area contributed by atoms with Gasteiger partial charge in [-0.2, -0.15) is 0 Å². The van der Waals surface area contributed by atoms with Gasteiger partial charge in [-0.1, -0.05) is 31.4 Å². The van der Waals surface area contributed by atoms with Crippen molar-refractivity contribution < 1.29 is 23.9 Å². The first-order valence-electron chi connectivity index (χ1n) is 8.91. The van der Waals surface area contributed by atoms with Gasteiger partial charge in [0.05, 0.1) is 0 Å². The van der Waals surface area contributed by atoms with E-state index in [1.165, 1.54) is 31.2 Å². The smallest absolute Gasteiger partial charge is 0.326 e. The maximum absolute atomic E-state index is 13.0. The molecular weight excluding hydrogens is 339 g/mol. The van der Waals surface area contributed by atoms with E-state index < -0.39 is 35.7 Å². The van der Waals surface area contributed by atoms with Gasteiger partial charge in [0.1, 0.15) is 17.9 Å². The molecule has 0 spiro atoms. The van der Waals surface area contributed by atoms with Crippen molar-refractivity contribution in [1.82, 2.24) is 10.6 Å². The summed E-state index contributed by atoms with van der Waals surface area (Å²) in [5, 5.41) is 14.7. The third-order valence-corrected chi connectivity index (χ3v) is 4.73. The summed E-state index contributed by atoms with van der Waals surface area (Å²) < 4.78 is 13.0. The van der Waals surface area contributed by atoms with Crippen molar-refractivity contribution >= 4 is 17.8 Å². The quantitative estimate of drug-likeness (QED) is 0.690. The maximum atomic E-state index is 13.0. The Morgan fingerprint density at radius 2 is 1.73 bits per heavy atom. The number of halogens is 1. The molecule has 1 aliphatic rings. The van der Waals surface area contributed by atoms with Crippen LogP contribution in [0.4, 0.5) is 4.39 Å². The van der Waals surface area contributed by atoms with E-state index in [1.807, 2.05) is 0 Å². The van der Waals surface area contributed by atoms with Gasteiger partial charge < -0.3 is 15.7 Å². The number of carbonyl (C=O) groups excluding carboxylic acids is 2. The lowest BCUT2D eigenvalue weighted by molar-refractivity contribution is -0.144. The van der Waals surface area contributed by atoms with E-state index in [9.17, 15) is 23.9 Å². The summed E-state index contributed by atoms with van der Waals surface area (Å²) in [6.45, 7) is 1.29. The number of rotatable bonds is 7. The van der Waals surface area contributed by atoms with Gasteiger partial charge in [-0.05, 0) is 36.5 Å². The number of hydrogen-bond acceptors (Lipinski definition) is 3. The number of hydrogen-bond donors (Lipinski definition) is 3. The molecule has 0 bridgehead atoms. The lowest BCUT2D eigenvalue weighted by Gasteiger charge is -2.29. The number of carboxylic acid groups (broad SMARTS) is 1. The number of carboxylic acids is 1. The Hall–Kier alpha value is -2.44. The van der Waals surface area contributed by atoms with Crippen LogP contribution in [-0.2, 0) is 20.8 Å². The molecule has 0 aromatic heterocycles. The van der Waals surface area contributed by atoms with Crippen LogP contribution >= 0.6 is 0 Å². The number of carbonyl (C=O) groups is 3. The highest BCUT2D eigenvalue weighted by molar-refractivity contribution is 5.90. The Morgan fingerprint density at radius 3 is 2.27 bits per heavy atom. The Balaban J connectivity index is 2.09. The second-order valence-corrected chi connectivity index (χ2v) is 6.81. The van der Waals surface area contributed by atoms with Gasteiger partial charge in [0, 0.05) is 13.3 Å². The summed E-state index contributed by atoms with van der Waals surface area (Å²) in [6, 6.07) is 3.75. The van der Waals surface area contributed by atoms with Crippen molar-refractivity contribution in [3.8, 4) is 0 Å². The molecule has 0 saturated heterocycles. The van der Waals surface area contributed by atoms with Crippen molar-refractivity contribution in [3.63, 3.8) is 0 Å². The molecule has 7 heteroatoms. The summed E-state index contributed by atoms with van der Waals surface area (Å²) in [5.74, 6) is -2.49. The van der Waals surface area contributed by atoms with Crippen molar-refractivity contribution in [1.29, 1.82) is 0 Å². The highest BCUT2D eigenvalue weighted by Gasteiger charge is 2.32. The molecule has 1 aromatic carbocycles. The molecule has 26 heavy (non-hydrogen) atoms. The largest absolute Gasteiger partial charge is 0.480 e. The van der Waals surface area contributed by atoms with Crippen molar-refractivity contribution in [2.75, 3.05) is 0 Å². The third-order valence-electron chi connectivity index (χ3n) is 4.73. The van der Waals surface area contributed by atoms with Crippen LogP contribution in [0.3, 0.4) is 0 Å². The average molecular weight is 364 g/mol. The van der Waals surface area contributed by atoms with Gasteiger partial charge in [0.15, 0.2) is 0 Å². The number of benzene rings is 1. The van der Waals surface area contributed by atoms with E-state index >= 15 is 0 Å². The van der Waals surface area contributed by atoms with Crippen LogP contribution in [0.15, 0.2) is 24.3 Å². The molecule has 0 aliphatic heterocycles. The van der Waals surface area contributed by atoms with Crippen molar-refractivity contribution in [2.45, 2.75) is 57.5 Å². The van der Waals surface area contributed by atoms with E-state index in [-0.39, 0.29) is 12.3 Å². The van der Waals surface area contributed by atoms with Crippen LogP contribution in [0.5, 0.6) is 0 Å². The molecule has 1 aromatic rings. The van der Waals surface area contributed by atoms with Gasteiger partial charge in [-0.3, -0.25) is 9.59 Å². The normalized spacial score (nSPS) is 17.2. The number of amides is 2. The molecule has 0 heterocycles. The maximum Gasteiger partial charge on any atom is 0.326 e. The second-order valence-electron chi connectivity index (χ2n) is 6.81. The second kappa shape index (κ2) is 9.31. The molecule has 3 N–H and O–H groups in total. The monoisotopic (exact) mass is 364 g/mol. The molecule has 2 atom stereocenters. The van der Waals surface area contributed by atoms with Crippen molar-refractivity contribution in [3.05, 3.63) is 35.6 Å². The minimum atomic E-state index is -1.06. The summed E-state index contributed by atoms with van der Waals surface area (Å²) in [6.07, 6.45) is 4.67. The van der Waals surface area contributed by atoms with Crippen molar-refractivity contribution in [2.24, 2.45) is 5.92 Å². The van der Waals surface area contributed by atoms with E-state index in [2.05, 4.69) is 10.6 Å². The number of aliphatic carboxylic acids is 1. The fourth-order valence-electron chi connectivity index (χ4n) is 3.41. The first kappa shape index (κ1) is 19.9. The zero-order valence-electron chi connectivity index (χ0n) is 14.8. The Bertz CT molecular complexity index is 641. The molecule has 0 unspecified atom stereocenters. The molecule has 1 fully saturated rings. The molecule has 6 nitrogen and oxygen atoms in total. The topological polar surface area (TPSA) is 95.5 Å². The summed E-state index contributed by atoms with van der Waals surface area (Å²) >= 11 is 0. The average Bonchev–Trinajstić information content (AvgIpc) is 2.61. The minimum Gasteiger partial charge on any atom is -0.480 e. The summed E-state index contributed by atoms with van der Waals surface area (Å²) in [4.78, 5) is 35.7. The fourth-order valence-corrected chi connectivity index (χ4v) is 3.41. The predicted octanol–water partition coefficient (Wildman–Crippen LogP) is 2.02. The van der Waals surface area contributed by atoms with E-state index in [4.69, 9.17) is 0 Å². The Morgan fingerprint density at radius 1 is 1.12 bits per heavy atom. The van der Waals surface area contributed by atoms with Crippen LogP contribution in [-0.4, -0.2) is 35.0 Å². The highest BCUT2D eigenvalue weighted by Crippen LogP contribution is 2.26. The van der Waals surface area contributed by atoms with Gasteiger partial charge in [0.25, 0.3) is 0 Å². The SMILES string of the molecule is CC(=O)N[C@H](Cc1ccc(F)cc1)C(=O)N[C@H](C(=O)O)C1CCCCC1. The molecule has 142 valence electrons. The minimum absolute atomic E-state index is 0.103. The van der Waals surface area contributed by atoms with Crippen LogP contribution in [0, 0.1) is 11.7 Å². The Kier molecular flexibility index (Phi) is 7.12. The first-order chi connectivity index (χ1) is 12.4. The van der Waals surface area contributed by atoms with Crippen LogP contribution in [0.1, 0.15) is 44.6 Å². The van der Waals surface area contributed by atoms with Gasteiger partial charge in [0.2, 0.25) is 11.8 Å². The highest BCUT2D eigenvalue weighted by atomic mass is 19.1. The molecule has 2 rings (SSSR count). The van der Waals surface area contributed by atoms with Crippen LogP contribution < -0.4 is 10.6 Å². The van der Waals surface area contributed by atoms with Gasteiger partial charge in [-0.15, -0.1) is 0 Å². The standard InChI is InChI=1S/C19H25FN2O4/c1-12(23)21-16(11-13-7-9-15(20)10-8-13)18(24)22-17(19(25)26)14-5-3-2-4-6-14/h7-10,14,16-17H,2-6,11H2,1H3,(H,21,23)(H,22,24)(H,25,26)/t16-,17+/m1/s1. The fraction of sp³-hybridized carbons (Fsp3) is 0.526.